The molecule has 1 unspecified atom stereocenters. The van der Waals surface area contributed by atoms with Crippen LogP contribution in [0.25, 0.3) is 0 Å². The second-order valence-electron chi connectivity index (χ2n) is 5.87. The number of rotatable bonds is 4. The van der Waals surface area contributed by atoms with Gasteiger partial charge in [-0.3, -0.25) is 0 Å². The molecule has 1 heterocycles. The third kappa shape index (κ3) is 3.58. The number of nitrogens with one attached hydrogen (secondary N) is 2. The first-order chi connectivity index (χ1) is 8.06. The van der Waals surface area contributed by atoms with Crippen LogP contribution in [0.2, 0.25) is 0 Å². The van der Waals surface area contributed by atoms with E-state index in [9.17, 15) is 0 Å². The van der Waals surface area contributed by atoms with E-state index in [0.29, 0.717) is 6.04 Å². The molecule has 2 rings (SSSR count). The Bertz CT molecular complexity index is 351. The SMILES string of the molecule is CC(C)(C)NCCNC1CCCc2occc21. The first kappa shape index (κ1) is 12.7. The average Bonchev–Trinajstić information content (AvgIpc) is 2.71. The summed E-state index contributed by atoms with van der Waals surface area (Å²) in [6, 6.07) is 2.60. The third-order valence-electron chi connectivity index (χ3n) is 3.22. The maximum atomic E-state index is 5.49. The topological polar surface area (TPSA) is 37.2 Å². The van der Waals surface area contributed by atoms with Crippen molar-refractivity contribution in [3.8, 4) is 0 Å². The molecule has 3 heteroatoms. The Balaban J connectivity index is 1.78. The number of fused-ring (bicyclic) bond motifs is 1. The Hall–Kier alpha value is -0.800. The molecule has 1 aromatic rings. The number of aryl methyl sites for hydroxylation is 1. The number of hydrogen-bond donors (Lipinski definition) is 2. The van der Waals surface area contributed by atoms with Crippen LogP contribution in [0, 0.1) is 0 Å². The molecule has 1 aromatic heterocycles. The molecule has 0 fully saturated rings. The fraction of sp³-hybridized carbons (Fsp3) is 0.714. The summed E-state index contributed by atoms with van der Waals surface area (Å²) in [5.74, 6) is 1.18. The summed E-state index contributed by atoms with van der Waals surface area (Å²) in [4.78, 5) is 0. The minimum Gasteiger partial charge on any atom is -0.469 e. The average molecular weight is 236 g/mol. The normalized spacial score (nSPS) is 20.3. The highest BCUT2D eigenvalue weighted by Crippen LogP contribution is 2.30. The van der Waals surface area contributed by atoms with Crippen molar-refractivity contribution >= 4 is 0 Å². The lowest BCUT2D eigenvalue weighted by molar-refractivity contribution is 0.385. The van der Waals surface area contributed by atoms with Gasteiger partial charge in [0.05, 0.1) is 6.26 Å². The number of hydrogen-bond acceptors (Lipinski definition) is 3. The number of furan rings is 1. The van der Waals surface area contributed by atoms with E-state index in [1.165, 1.54) is 24.2 Å². The van der Waals surface area contributed by atoms with E-state index in [1.807, 2.05) is 6.26 Å². The van der Waals surface area contributed by atoms with Crippen LogP contribution in [0.4, 0.5) is 0 Å². The van der Waals surface area contributed by atoms with Gasteiger partial charge in [0.15, 0.2) is 0 Å². The van der Waals surface area contributed by atoms with E-state index in [4.69, 9.17) is 4.42 Å². The van der Waals surface area contributed by atoms with Crippen LogP contribution in [-0.2, 0) is 6.42 Å². The Morgan fingerprint density at radius 2 is 2.18 bits per heavy atom. The van der Waals surface area contributed by atoms with E-state index < -0.39 is 0 Å². The molecule has 0 saturated heterocycles. The van der Waals surface area contributed by atoms with Gasteiger partial charge in [0.2, 0.25) is 0 Å². The molecule has 17 heavy (non-hydrogen) atoms. The van der Waals surface area contributed by atoms with Crippen molar-refractivity contribution in [3.05, 3.63) is 23.7 Å². The minimum atomic E-state index is 0.203. The fourth-order valence-electron chi connectivity index (χ4n) is 2.38. The first-order valence-corrected chi connectivity index (χ1v) is 6.61. The van der Waals surface area contributed by atoms with E-state index >= 15 is 0 Å². The van der Waals surface area contributed by atoms with Crippen molar-refractivity contribution in [2.24, 2.45) is 0 Å². The summed E-state index contributed by atoms with van der Waals surface area (Å²) in [6.07, 6.45) is 5.37. The lowest BCUT2D eigenvalue weighted by Crippen LogP contribution is -2.41. The monoisotopic (exact) mass is 236 g/mol. The smallest absolute Gasteiger partial charge is 0.108 e. The van der Waals surface area contributed by atoms with Crippen LogP contribution < -0.4 is 10.6 Å². The van der Waals surface area contributed by atoms with Gasteiger partial charge in [0.1, 0.15) is 5.76 Å². The van der Waals surface area contributed by atoms with Crippen molar-refractivity contribution < 1.29 is 4.42 Å². The van der Waals surface area contributed by atoms with Crippen LogP contribution in [0.5, 0.6) is 0 Å². The van der Waals surface area contributed by atoms with Gasteiger partial charge in [-0.2, -0.15) is 0 Å². The molecule has 0 bridgehead atoms. The predicted octanol–water partition coefficient (Wildman–Crippen LogP) is 2.63. The largest absolute Gasteiger partial charge is 0.469 e. The molecule has 0 saturated carbocycles. The molecule has 0 amide bonds. The standard InChI is InChI=1S/C14H24N2O/c1-14(2,3)16-9-8-15-12-5-4-6-13-11(12)7-10-17-13/h7,10,12,15-16H,4-6,8-9H2,1-3H3. The highest BCUT2D eigenvalue weighted by atomic mass is 16.3. The van der Waals surface area contributed by atoms with Crippen LogP contribution in [0.1, 0.15) is 51.0 Å². The fourth-order valence-corrected chi connectivity index (χ4v) is 2.38. The van der Waals surface area contributed by atoms with Crippen molar-refractivity contribution in [1.82, 2.24) is 10.6 Å². The van der Waals surface area contributed by atoms with Gasteiger partial charge in [-0.25, -0.2) is 0 Å². The van der Waals surface area contributed by atoms with Gasteiger partial charge in [-0.05, 0) is 39.7 Å². The quantitative estimate of drug-likeness (QED) is 0.789. The van der Waals surface area contributed by atoms with Crippen molar-refractivity contribution in [2.75, 3.05) is 13.1 Å². The van der Waals surface area contributed by atoms with E-state index in [1.54, 1.807) is 0 Å². The lowest BCUT2D eigenvalue weighted by Gasteiger charge is -2.25. The summed E-state index contributed by atoms with van der Waals surface area (Å²) < 4.78 is 5.49. The van der Waals surface area contributed by atoms with Crippen molar-refractivity contribution in [1.29, 1.82) is 0 Å². The Morgan fingerprint density at radius 3 is 2.94 bits per heavy atom. The second-order valence-corrected chi connectivity index (χ2v) is 5.87. The van der Waals surface area contributed by atoms with E-state index in [-0.39, 0.29) is 5.54 Å². The Labute approximate surface area is 104 Å². The van der Waals surface area contributed by atoms with Gasteiger partial charge in [-0.15, -0.1) is 0 Å². The molecule has 0 aromatic carbocycles. The molecule has 0 radical (unpaired) electrons. The third-order valence-corrected chi connectivity index (χ3v) is 3.22. The minimum absolute atomic E-state index is 0.203. The van der Waals surface area contributed by atoms with Gasteiger partial charge in [0, 0.05) is 36.7 Å². The summed E-state index contributed by atoms with van der Waals surface area (Å²) in [5.41, 5.74) is 1.57. The summed E-state index contributed by atoms with van der Waals surface area (Å²) in [7, 11) is 0. The Kier molecular flexibility index (Phi) is 3.89. The molecular formula is C14H24N2O. The van der Waals surface area contributed by atoms with Crippen LogP contribution in [0.3, 0.4) is 0 Å². The van der Waals surface area contributed by atoms with Crippen molar-refractivity contribution in [2.45, 2.75) is 51.6 Å². The van der Waals surface area contributed by atoms with Gasteiger partial charge in [0.25, 0.3) is 0 Å². The molecule has 3 nitrogen and oxygen atoms in total. The predicted molar refractivity (Wildman–Crippen MR) is 70.1 cm³/mol. The molecule has 2 N–H and O–H groups in total. The molecule has 1 atom stereocenters. The molecule has 1 aliphatic rings. The maximum absolute atomic E-state index is 5.49. The highest BCUT2D eigenvalue weighted by Gasteiger charge is 2.21. The van der Waals surface area contributed by atoms with Crippen LogP contribution in [-0.4, -0.2) is 18.6 Å². The van der Waals surface area contributed by atoms with Crippen LogP contribution in [0.15, 0.2) is 16.7 Å². The van der Waals surface area contributed by atoms with Gasteiger partial charge < -0.3 is 15.1 Å². The van der Waals surface area contributed by atoms with Gasteiger partial charge >= 0.3 is 0 Å². The summed E-state index contributed by atoms with van der Waals surface area (Å²) in [5, 5.41) is 7.11. The van der Waals surface area contributed by atoms with E-state index in [2.05, 4.69) is 37.5 Å². The molecule has 0 aliphatic heterocycles. The van der Waals surface area contributed by atoms with Crippen LogP contribution >= 0.6 is 0 Å². The lowest BCUT2D eigenvalue weighted by atomic mass is 9.93. The van der Waals surface area contributed by atoms with Crippen molar-refractivity contribution in [3.63, 3.8) is 0 Å². The van der Waals surface area contributed by atoms with E-state index in [0.717, 1.165) is 19.5 Å². The maximum Gasteiger partial charge on any atom is 0.108 e. The molecule has 0 spiro atoms. The summed E-state index contributed by atoms with van der Waals surface area (Å²) in [6.45, 7) is 8.60. The van der Waals surface area contributed by atoms with Gasteiger partial charge in [-0.1, -0.05) is 0 Å². The first-order valence-electron chi connectivity index (χ1n) is 6.61. The highest BCUT2D eigenvalue weighted by molar-refractivity contribution is 5.23. The zero-order chi connectivity index (χ0) is 12.3. The zero-order valence-corrected chi connectivity index (χ0v) is 11.2. The molecule has 96 valence electrons. The second kappa shape index (κ2) is 5.23. The zero-order valence-electron chi connectivity index (χ0n) is 11.2. The molecular weight excluding hydrogens is 212 g/mol. The summed E-state index contributed by atoms with van der Waals surface area (Å²) >= 11 is 0. The Morgan fingerprint density at radius 1 is 1.35 bits per heavy atom. The molecule has 1 aliphatic carbocycles.